The number of aldehydes is 1. The van der Waals surface area contributed by atoms with Crippen LogP contribution in [0.3, 0.4) is 0 Å². The molecule has 0 aliphatic heterocycles. The zero-order chi connectivity index (χ0) is 15.4. The van der Waals surface area contributed by atoms with Crippen LogP contribution in [-0.4, -0.2) is 6.29 Å². The van der Waals surface area contributed by atoms with Gasteiger partial charge in [-0.25, -0.2) is 4.39 Å². The topological polar surface area (TPSA) is 52.3 Å². The highest BCUT2D eigenvalue weighted by molar-refractivity contribution is 6.32. The summed E-state index contributed by atoms with van der Waals surface area (Å²) in [4.78, 5) is 10.8. The number of hydrogen-bond donors (Lipinski definition) is 1. The maximum atomic E-state index is 14.5. The molecule has 0 aromatic heterocycles. The van der Waals surface area contributed by atoms with Crippen LogP contribution in [0, 0.1) is 5.82 Å². The van der Waals surface area contributed by atoms with Gasteiger partial charge in [0.15, 0.2) is 11.6 Å². The molecule has 21 heavy (non-hydrogen) atoms. The van der Waals surface area contributed by atoms with Crippen molar-refractivity contribution in [1.82, 2.24) is 0 Å². The van der Waals surface area contributed by atoms with Gasteiger partial charge in [0.25, 0.3) is 0 Å². The maximum absolute atomic E-state index is 14.5. The minimum atomic E-state index is -0.576. The van der Waals surface area contributed by atoms with Crippen LogP contribution in [-0.2, 0) is 0 Å². The van der Waals surface area contributed by atoms with Gasteiger partial charge in [0.05, 0.1) is 5.02 Å². The third-order valence-electron chi connectivity index (χ3n) is 3.13. The predicted octanol–water partition coefficient (Wildman–Crippen LogP) is 4.49. The normalized spacial score (nSPS) is 12.0. The summed E-state index contributed by atoms with van der Waals surface area (Å²) < 4.78 is 20.0. The summed E-state index contributed by atoms with van der Waals surface area (Å²) in [6.45, 7) is 1.87. The van der Waals surface area contributed by atoms with Crippen molar-refractivity contribution >= 4 is 17.9 Å². The van der Waals surface area contributed by atoms with Gasteiger partial charge < -0.3 is 10.5 Å². The van der Waals surface area contributed by atoms with Crippen LogP contribution in [0.4, 0.5) is 4.39 Å². The second kappa shape index (κ2) is 6.70. The van der Waals surface area contributed by atoms with E-state index in [1.54, 1.807) is 30.3 Å². The van der Waals surface area contributed by atoms with Crippen molar-refractivity contribution in [1.29, 1.82) is 0 Å². The molecule has 0 aliphatic rings. The molecule has 110 valence electrons. The summed E-state index contributed by atoms with van der Waals surface area (Å²) in [7, 11) is 0. The molecule has 2 rings (SSSR count). The molecule has 0 amide bonds. The molecule has 1 atom stereocenters. The summed E-state index contributed by atoms with van der Waals surface area (Å²) in [5.41, 5.74) is 6.65. The second-order valence-corrected chi connectivity index (χ2v) is 4.99. The summed E-state index contributed by atoms with van der Waals surface area (Å²) in [5, 5.41) is 0.149. The van der Waals surface area contributed by atoms with Crippen molar-refractivity contribution in [2.24, 2.45) is 5.73 Å². The Morgan fingerprint density at radius 3 is 2.81 bits per heavy atom. The lowest BCUT2D eigenvalue weighted by molar-refractivity contribution is 0.112. The van der Waals surface area contributed by atoms with Gasteiger partial charge in [-0.15, -0.1) is 0 Å². The number of rotatable bonds is 5. The van der Waals surface area contributed by atoms with Gasteiger partial charge in [-0.05, 0) is 24.6 Å². The number of carbonyl (C=O) groups is 1. The second-order valence-electron chi connectivity index (χ2n) is 4.59. The lowest BCUT2D eigenvalue weighted by Gasteiger charge is -2.15. The Morgan fingerprint density at radius 2 is 2.14 bits per heavy atom. The lowest BCUT2D eigenvalue weighted by atomic mass is 10.0. The quantitative estimate of drug-likeness (QED) is 0.828. The molecule has 0 fully saturated rings. The van der Waals surface area contributed by atoms with Gasteiger partial charge >= 0.3 is 0 Å². The van der Waals surface area contributed by atoms with Gasteiger partial charge in [-0.2, -0.15) is 0 Å². The Morgan fingerprint density at radius 1 is 1.38 bits per heavy atom. The molecule has 0 heterocycles. The van der Waals surface area contributed by atoms with E-state index >= 15 is 0 Å². The average Bonchev–Trinajstić information content (AvgIpc) is 2.51. The molecule has 0 saturated heterocycles. The van der Waals surface area contributed by atoms with E-state index in [1.165, 1.54) is 6.07 Å². The smallest absolute Gasteiger partial charge is 0.181 e. The molecule has 0 saturated carbocycles. The van der Waals surface area contributed by atoms with Crippen molar-refractivity contribution < 1.29 is 13.9 Å². The monoisotopic (exact) mass is 307 g/mol. The first-order valence-electron chi connectivity index (χ1n) is 6.53. The summed E-state index contributed by atoms with van der Waals surface area (Å²) in [5.74, 6) is -0.322. The van der Waals surface area contributed by atoms with Crippen molar-refractivity contribution in [2.45, 2.75) is 19.4 Å². The first-order chi connectivity index (χ1) is 10.1. The average molecular weight is 308 g/mol. The van der Waals surface area contributed by atoms with E-state index in [4.69, 9.17) is 22.1 Å². The molecule has 3 nitrogen and oxygen atoms in total. The van der Waals surface area contributed by atoms with E-state index < -0.39 is 11.9 Å². The standard InChI is InChI=1S/C16H15ClFNO2/c1-2-14(19)12-6-7-13(17)16(15(12)18)21-11-5-3-4-10(8-11)9-20/h3-9,14H,2,19H2,1H3/t14-/m0/s1. The predicted molar refractivity (Wildman–Crippen MR) is 80.5 cm³/mol. The third kappa shape index (κ3) is 3.40. The third-order valence-corrected chi connectivity index (χ3v) is 3.43. The van der Waals surface area contributed by atoms with Crippen molar-refractivity contribution in [3.63, 3.8) is 0 Å². The first-order valence-corrected chi connectivity index (χ1v) is 6.91. The van der Waals surface area contributed by atoms with Crippen LogP contribution in [0.5, 0.6) is 11.5 Å². The summed E-state index contributed by atoms with van der Waals surface area (Å²) >= 11 is 6.00. The van der Waals surface area contributed by atoms with Crippen LogP contribution < -0.4 is 10.5 Å². The molecular weight excluding hydrogens is 293 g/mol. The van der Waals surface area contributed by atoms with Crippen LogP contribution in [0.1, 0.15) is 35.3 Å². The molecular formula is C16H15ClFNO2. The highest BCUT2D eigenvalue weighted by atomic mass is 35.5. The summed E-state index contributed by atoms with van der Waals surface area (Å²) in [6.07, 6.45) is 1.28. The van der Waals surface area contributed by atoms with Crippen LogP contribution in [0.2, 0.25) is 5.02 Å². The molecule has 0 aliphatic carbocycles. The highest BCUT2D eigenvalue weighted by Gasteiger charge is 2.18. The van der Waals surface area contributed by atoms with Crippen LogP contribution >= 0.6 is 11.6 Å². The number of ether oxygens (including phenoxy) is 1. The van der Waals surface area contributed by atoms with Gasteiger partial charge in [0, 0.05) is 17.2 Å². The molecule has 2 N–H and O–H groups in total. The minimum Gasteiger partial charge on any atom is -0.453 e. The fraction of sp³-hybridized carbons (Fsp3) is 0.188. The largest absolute Gasteiger partial charge is 0.453 e. The molecule has 2 aromatic rings. The Labute approximate surface area is 127 Å². The van der Waals surface area contributed by atoms with E-state index in [9.17, 15) is 9.18 Å². The Kier molecular flexibility index (Phi) is 4.94. The van der Waals surface area contributed by atoms with E-state index in [2.05, 4.69) is 0 Å². The van der Waals surface area contributed by atoms with Gasteiger partial charge in [-0.3, -0.25) is 4.79 Å². The van der Waals surface area contributed by atoms with Gasteiger partial charge in [-0.1, -0.05) is 36.7 Å². The molecule has 5 heteroatoms. The first kappa shape index (κ1) is 15.5. The molecule has 0 bridgehead atoms. The lowest BCUT2D eigenvalue weighted by Crippen LogP contribution is -2.11. The van der Waals surface area contributed by atoms with E-state index in [-0.39, 0.29) is 10.8 Å². The van der Waals surface area contributed by atoms with Gasteiger partial charge in [0.1, 0.15) is 12.0 Å². The molecule has 0 radical (unpaired) electrons. The SMILES string of the molecule is CC[C@H](N)c1ccc(Cl)c(Oc2cccc(C=O)c2)c1F. The summed E-state index contributed by atoms with van der Waals surface area (Å²) in [6, 6.07) is 9.08. The Hall–Kier alpha value is -1.91. The van der Waals surface area contributed by atoms with Crippen molar-refractivity contribution in [2.75, 3.05) is 0 Å². The van der Waals surface area contributed by atoms with E-state index in [1.807, 2.05) is 6.92 Å². The number of nitrogens with two attached hydrogens (primary N) is 1. The fourth-order valence-corrected chi connectivity index (χ4v) is 2.10. The minimum absolute atomic E-state index is 0.0823. The van der Waals surface area contributed by atoms with Crippen molar-refractivity contribution in [3.8, 4) is 11.5 Å². The van der Waals surface area contributed by atoms with E-state index in [0.29, 0.717) is 29.6 Å². The molecule has 2 aromatic carbocycles. The number of halogens is 2. The zero-order valence-corrected chi connectivity index (χ0v) is 12.2. The number of benzene rings is 2. The Bertz CT molecular complexity index is 661. The highest BCUT2D eigenvalue weighted by Crippen LogP contribution is 2.36. The van der Waals surface area contributed by atoms with E-state index in [0.717, 1.165) is 0 Å². The molecule has 0 spiro atoms. The fourth-order valence-electron chi connectivity index (χ4n) is 1.92. The zero-order valence-electron chi connectivity index (χ0n) is 11.5. The number of hydrogen-bond acceptors (Lipinski definition) is 3. The Balaban J connectivity index is 2.41. The van der Waals surface area contributed by atoms with Crippen molar-refractivity contribution in [3.05, 3.63) is 58.4 Å². The maximum Gasteiger partial charge on any atom is 0.181 e. The van der Waals surface area contributed by atoms with Crippen LogP contribution in [0.15, 0.2) is 36.4 Å². The van der Waals surface area contributed by atoms with Crippen LogP contribution in [0.25, 0.3) is 0 Å². The van der Waals surface area contributed by atoms with Gasteiger partial charge in [0.2, 0.25) is 0 Å². The number of carbonyl (C=O) groups excluding carboxylic acids is 1. The molecule has 0 unspecified atom stereocenters.